The number of hydrogen-bond donors (Lipinski definition) is 1. The molecule has 41 heavy (non-hydrogen) atoms. The van der Waals surface area contributed by atoms with Crippen molar-refractivity contribution in [1.29, 1.82) is 0 Å². The van der Waals surface area contributed by atoms with Crippen LogP contribution in [0.25, 0.3) is 0 Å². The summed E-state index contributed by atoms with van der Waals surface area (Å²) in [5, 5.41) is 12.2. The van der Waals surface area contributed by atoms with Crippen molar-refractivity contribution in [2.45, 2.75) is 116 Å². The van der Waals surface area contributed by atoms with Crippen molar-refractivity contribution in [1.82, 2.24) is 0 Å². The third kappa shape index (κ3) is 4.84. The monoisotopic (exact) mass is 578 g/mol. The first-order chi connectivity index (χ1) is 18.9. The van der Waals surface area contributed by atoms with Crippen LogP contribution in [-0.4, -0.2) is 82.3 Å². The third-order valence-electron chi connectivity index (χ3n) is 8.86. The van der Waals surface area contributed by atoms with Crippen LogP contribution in [0.4, 0.5) is 0 Å². The standard InChI is InChI=1S/C29H38O12/c1-9-22(33)39-18-13-20(37-16(4)31)26(6)11-10-19(36-15(3)30)27(7,35)23(26)24(38-17(5)32)29-21(12-14(18)2)40-25(34)28(29,8)41-29/h10-12,18-21,23-24,35H,9,13H2,1-8H3/b14-12-/t18?,19?,20?,21?,23?,24?,26-,27+,28+,29?/m1/s1. The average molecular weight is 579 g/mol. The van der Waals surface area contributed by atoms with Crippen molar-refractivity contribution >= 4 is 29.8 Å². The summed E-state index contributed by atoms with van der Waals surface area (Å²) in [5.74, 6) is -4.45. The van der Waals surface area contributed by atoms with Crippen molar-refractivity contribution in [2.24, 2.45) is 11.3 Å². The Hall–Kier alpha value is -3.25. The fourth-order valence-electron chi connectivity index (χ4n) is 6.81. The van der Waals surface area contributed by atoms with E-state index in [0.29, 0.717) is 5.57 Å². The van der Waals surface area contributed by atoms with Gasteiger partial charge in [0.05, 0.1) is 0 Å². The number of carbonyl (C=O) groups excluding carboxylic acids is 5. The lowest BCUT2D eigenvalue weighted by atomic mass is 9.55. The van der Waals surface area contributed by atoms with Gasteiger partial charge in [0, 0.05) is 44.9 Å². The zero-order valence-corrected chi connectivity index (χ0v) is 24.5. The summed E-state index contributed by atoms with van der Waals surface area (Å²) in [4.78, 5) is 62.7. The molecule has 4 aliphatic rings. The van der Waals surface area contributed by atoms with Gasteiger partial charge >= 0.3 is 29.8 Å². The highest BCUT2D eigenvalue weighted by atomic mass is 16.7. The number of ether oxygens (including phenoxy) is 6. The summed E-state index contributed by atoms with van der Waals surface area (Å²) in [6, 6.07) is 0. The van der Waals surface area contributed by atoms with E-state index in [1.807, 2.05) is 0 Å². The zero-order valence-electron chi connectivity index (χ0n) is 24.5. The van der Waals surface area contributed by atoms with Gasteiger partial charge in [0.2, 0.25) is 0 Å². The first-order valence-corrected chi connectivity index (χ1v) is 13.7. The van der Waals surface area contributed by atoms with Gasteiger partial charge in [-0.2, -0.15) is 0 Å². The largest absolute Gasteiger partial charge is 0.461 e. The van der Waals surface area contributed by atoms with Crippen LogP contribution in [0.5, 0.6) is 0 Å². The summed E-state index contributed by atoms with van der Waals surface area (Å²) < 4.78 is 34.9. The van der Waals surface area contributed by atoms with Crippen molar-refractivity contribution in [3.05, 3.63) is 23.8 Å². The number of rotatable bonds is 5. The lowest BCUT2D eigenvalue weighted by Gasteiger charge is -2.55. The molecule has 0 aromatic rings. The number of epoxide rings is 1. The number of fused-ring (bicyclic) bond motifs is 1. The Balaban J connectivity index is 2.03. The van der Waals surface area contributed by atoms with Gasteiger partial charge in [0.25, 0.3) is 0 Å². The van der Waals surface area contributed by atoms with Crippen molar-refractivity contribution in [3.8, 4) is 0 Å². The summed E-state index contributed by atoms with van der Waals surface area (Å²) in [6.07, 6.45) is -0.910. The molecule has 7 unspecified atom stereocenters. The number of hydrogen-bond acceptors (Lipinski definition) is 12. The van der Waals surface area contributed by atoms with Gasteiger partial charge in [-0.1, -0.05) is 19.9 Å². The van der Waals surface area contributed by atoms with Crippen molar-refractivity contribution in [2.75, 3.05) is 0 Å². The minimum Gasteiger partial charge on any atom is -0.461 e. The molecule has 0 bridgehead atoms. The summed E-state index contributed by atoms with van der Waals surface area (Å²) in [6.45, 7) is 11.5. The predicted octanol–water partition coefficient (Wildman–Crippen LogP) is 1.85. The van der Waals surface area contributed by atoms with Gasteiger partial charge in [-0.25, -0.2) is 4.79 Å². The van der Waals surface area contributed by atoms with Crippen molar-refractivity contribution in [3.63, 3.8) is 0 Å². The van der Waals surface area contributed by atoms with Crippen LogP contribution in [0.3, 0.4) is 0 Å². The lowest BCUT2D eigenvalue weighted by Crippen LogP contribution is -2.67. The normalized spacial score (nSPS) is 44.0. The topological polar surface area (TPSA) is 164 Å². The summed E-state index contributed by atoms with van der Waals surface area (Å²) in [7, 11) is 0. The van der Waals surface area contributed by atoms with E-state index in [1.54, 1.807) is 32.9 Å². The van der Waals surface area contributed by atoms with Gasteiger partial charge in [-0.15, -0.1) is 0 Å². The highest BCUT2D eigenvalue weighted by molar-refractivity contribution is 5.89. The Kier molecular flexibility index (Phi) is 7.66. The van der Waals surface area contributed by atoms with Crippen molar-refractivity contribution < 1.29 is 57.5 Å². The summed E-state index contributed by atoms with van der Waals surface area (Å²) in [5.41, 5.74) is -5.99. The summed E-state index contributed by atoms with van der Waals surface area (Å²) >= 11 is 0. The first-order valence-electron chi connectivity index (χ1n) is 13.7. The molecule has 4 rings (SSSR count). The van der Waals surface area contributed by atoms with Crippen LogP contribution in [0.2, 0.25) is 0 Å². The molecular formula is C29H38O12. The second kappa shape index (κ2) is 10.2. The van der Waals surface area contributed by atoms with E-state index >= 15 is 0 Å². The second-order valence-electron chi connectivity index (χ2n) is 11.8. The molecule has 2 heterocycles. The molecule has 1 spiro atoms. The van der Waals surface area contributed by atoms with Crippen LogP contribution in [0.15, 0.2) is 23.8 Å². The van der Waals surface area contributed by atoms with E-state index in [9.17, 15) is 29.1 Å². The molecule has 0 radical (unpaired) electrons. The lowest BCUT2D eigenvalue weighted by molar-refractivity contribution is -0.220. The molecule has 2 saturated heterocycles. The Morgan fingerprint density at radius 3 is 2.15 bits per heavy atom. The Labute approximate surface area is 238 Å². The Morgan fingerprint density at radius 1 is 1.00 bits per heavy atom. The van der Waals surface area contributed by atoms with E-state index in [2.05, 4.69) is 0 Å². The van der Waals surface area contributed by atoms with Crippen LogP contribution < -0.4 is 0 Å². The minimum absolute atomic E-state index is 0.0438. The molecule has 10 atom stereocenters. The molecule has 0 saturated carbocycles. The maximum Gasteiger partial charge on any atom is 0.342 e. The van der Waals surface area contributed by atoms with E-state index < -0.39 is 88.5 Å². The quantitative estimate of drug-likeness (QED) is 0.218. The number of carbonyl (C=O) groups is 5. The van der Waals surface area contributed by atoms with Gasteiger partial charge in [0.1, 0.15) is 30.0 Å². The van der Waals surface area contributed by atoms with Gasteiger partial charge in [0.15, 0.2) is 17.3 Å². The van der Waals surface area contributed by atoms with E-state index in [-0.39, 0.29) is 12.8 Å². The molecule has 2 aliphatic heterocycles. The molecule has 2 aliphatic carbocycles. The van der Waals surface area contributed by atoms with Crippen LogP contribution in [0, 0.1) is 11.3 Å². The molecule has 1 N–H and O–H groups in total. The van der Waals surface area contributed by atoms with Gasteiger partial charge < -0.3 is 33.5 Å². The fraction of sp³-hybridized carbons (Fsp3) is 0.690. The van der Waals surface area contributed by atoms with Crippen LogP contribution in [0.1, 0.15) is 68.2 Å². The minimum atomic E-state index is -1.96. The molecule has 12 heteroatoms. The molecule has 0 aromatic carbocycles. The molecule has 2 fully saturated rings. The molecule has 0 amide bonds. The van der Waals surface area contributed by atoms with E-state index in [4.69, 9.17) is 28.4 Å². The van der Waals surface area contributed by atoms with Gasteiger partial charge in [-0.3, -0.25) is 19.2 Å². The predicted molar refractivity (Wildman–Crippen MR) is 139 cm³/mol. The van der Waals surface area contributed by atoms with Crippen LogP contribution in [-0.2, 0) is 52.4 Å². The molecule has 12 nitrogen and oxygen atoms in total. The van der Waals surface area contributed by atoms with Crippen LogP contribution >= 0.6 is 0 Å². The highest BCUT2D eigenvalue weighted by Crippen LogP contribution is 2.65. The first kappa shape index (κ1) is 30.7. The molecular weight excluding hydrogens is 540 g/mol. The third-order valence-corrected chi connectivity index (χ3v) is 8.86. The SMILES string of the molecule is CCC(=O)OC1CC(OC(C)=O)[C@@]2(C)C=CC(OC(C)=O)[C@](C)(O)C2C(OC(C)=O)C23O[C@@]2(C)C(=O)OC3/C=C\1C. The number of esters is 5. The number of aliphatic hydroxyl groups is 1. The van der Waals surface area contributed by atoms with E-state index in [0.717, 1.165) is 0 Å². The molecule has 0 aromatic heterocycles. The zero-order chi connectivity index (χ0) is 30.7. The highest BCUT2D eigenvalue weighted by Gasteiger charge is 2.87. The van der Waals surface area contributed by atoms with Gasteiger partial charge in [-0.05, 0) is 38.5 Å². The maximum absolute atomic E-state index is 13.1. The fourth-order valence-corrected chi connectivity index (χ4v) is 6.81. The molecule has 226 valence electrons. The average Bonchev–Trinajstić information content (AvgIpc) is 3.44. The van der Waals surface area contributed by atoms with E-state index in [1.165, 1.54) is 40.7 Å². The Bertz CT molecular complexity index is 1220. The second-order valence-corrected chi connectivity index (χ2v) is 11.8. The Morgan fingerprint density at radius 2 is 1.61 bits per heavy atom. The maximum atomic E-state index is 13.1. The smallest absolute Gasteiger partial charge is 0.342 e.